The lowest BCUT2D eigenvalue weighted by molar-refractivity contribution is 0.597. The molecule has 8 nitrogen and oxygen atoms in total. The third-order valence-corrected chi connectivity index (χ3v) is 7.25. The number of hydrogen-bond acceptors (Lipinski definition) is 7. The Labute approximate surface area is 189 Å². The average Bonchev–Trinajstić information content (AvgIpc) is 3.02. The van der Waals surface area contributed by atoms with Gasteiger partial charge in [0.2, 0.25) is 16.0 Å². The Kier molecular flexibility index (Phi) is 5.92. The summed E-state index contributed by atoms with van der Waals surface area (Å²) in [7, 11) is -2.23. The van der Waals surface area contributed by atoms with E-state index in [2.05, 4.69) is 15.3 Å². The molecule has 0 saturated carbocycles. The van der Waals surface area contributed by atoms with Crippen molar-refractivity contribution in [1.29, 1.82) is 0 Å². The summed E-state index contributed by atoms with van der Waals surface area (Å²) in [4.78, 5) is 21.6. The molecule has 4 aromatic rings. The van der Waals surface area contributed by atoms with Crippen LogP contribution in [0, 0.1) is 6.92 Å². The summed E-state index contributed by atoms with van der Waals surface area (Å²) in [6.45, 7) is 1.86. The first-order chi connectivity index (χ1) is 15.2. The van der Waals surface area contributed by atoms with Crippen LogP contribution in [-0.4, -0.2) is 23.0 Å². The number of anilines is 2. The summed E-state index contributed by atoms with van der Waals surface area (Å²) in [5.41, 5.74) is 3.41. The predicted molar refractivity (Wildman–Crippen MR) is 126 cm³/mol. The maximum atomic E-state index is 12.2. The van der Waals surface area contributed by atoms with Crippen molar-refractivity contribution >= 4 is 33.0 Å². The van der Waals surface area contributed by atoms with Crippen molar-refractivity contribution in [2.24, 2.45) is 12.2 Å². The summed E-state index contributed by atoms with van der Waals surface area (Å²) < 4.78 is 26.1. The zero-order valence-corrected chi connectivity index (χ0v) is 19.1. The van der Waals surface area contributed by atoms with Gasteiger partial charge in [-0.25, -0.2) is 23.5 Å². The van der Waals surface area contributed by atoms with E-state index in [9.17, 15) is 13.2 Å². The lowest BCUT2D eigenvalue weighted by Crippen LogP contribution is -2.16. The average molecular weight is 468 g/mol. The number of hydrogen-bond donors (Lipinski definition) is 2. The number of sulfonamides is 1. The van der Waals surface area contributed by atoms with Crippen LogP contribution in [0.15, 0.2) is 70.5 Å². The van der Waals surface area contributed by atoms with Crippen molar-refractivity contribution in [3.8, 4) is 10.6 Å². The van der Waals surface area contributed by atoms with Crippen molar-refractivity contribution in [3.63, 3.8) is 0 Å². The van der Waals surface area contributed by atoms with Crippen LogP contribution in [0.25, 0.3) is 10.6 Å². The minimum absolute atomic E-state index is 0.0413. The fourth-order valence-electron chi connectivity index (χ4n) is 3.35. The van der Waals surface area contributed by atoms with Crippen LogP contribution in [0.1, 0.15) is 16.8 Å². The highest BCUT2D eigenvalue weighted by molar-refractivity contribution is 7.89. The Morgan fingerprint density at radius 1 is 1.09 bits per heavy atom. The van der Waals surface area contributed by atoms with Gasteiger partial charge in [-0.2, -0.15) is 0 Å². The van der Waals surface area contributed by atoms with Crippen LogP contribution in [0.2, 0.25) is 0 Å². The van der Waals surface area contributed by atoms with Gasteiger partial charge >= 0.3 is 4.87 Å². The number of rotatable bonds is 6. The molecule has 2 aromatic carbocycles. The van der Waals surface area contributed by atoms with Crippen molar-refractivity contribution in [1.82, 2.24) is 14.5 Å². The van der Waals surface area contributed by atoms with Crippen LogP contribution in [0.3, 0.4) is 0 Å². The Balaban J connectivity index is 1.76. The third kappa shape index (κ3) is 4.47. The van der Waals surface area contributed by atoms with Gasteiger partial charge in [0.1, 0.15) is 0 Å². The van der Waals surface area contributed by atoms with Gasteiger partial charge in [-0.05, 0) is 30.7 Å². The topological polar surface area (TPSA) is 120 Å². The molecule has 0 saturated heterocycles. The van der Waals surface area contributed by atoms with E-state index >= 15 is 0 Å². The fourth-order valence-corrected chi connectivity index (χ4v) is 5.10. The zero-order chi connectivity index (χ0) is 22.9. The van der Waals surface area contributed by atoms with Crippen LogP contribution < -0.4 is 15.3 Å². The van der Waals surface area contributed by atoms with E-state index < -0.39 is 10.0 Å². The highest BCUT2D eigenvalue weighted by atomic mass is 32.2. The normalized spacial score (nSPS) is 11.5. The smallest absolute Gasteiger partial charge is 0.307 e. The molecule has 164 valence electrons. The lowest BCUT2D eigenvalue weighted by atomic mass is 10.0. The molecular weight excluding hydrogens is 446 g/mol. The number of nitrogens with two attached hydrogens (primary N) is 1. The number of primary sulfonamides is 1. The van der Waals surface area contributed by atoms with Crippen molar-refractivity contribution in [2.75, 3.05) is 5.32 Å². The Morgan fingerprint density at radius 2 is 1.84 bits per heavy atom. The molecule has 10 heteroatoms. The lowest BCUT2D eigenvalue weighted by Gasteiger charge is -2.15. The van der Waals surface area contributed by atoms with Gasteiger partial charge in [0.15, 0.2) is 0 Å². The van der Waals surface area contributed by atoms with Gasteiger partial charge in [0.05, 0.1) is 15.5 Å². The molecular formula is C22H21N5O3S2. The SMILES string of the molecule is Cc1c(-c2ccnc(Nc3cccc(S(N)(=O)=O)c3Cc3ccccc3)n2)sc(=O)n1C. The summed E-state index contributed by atoms with van der Waals surface area (Å²) in [6.07, 6.45) is 1.95. The Bertz CT molecular complexity index is 1440. The molecule has 0 radical (unpaired) electrons. The van der Waals surface area contributed by atoms with Crippen LogP contribution in [0.5, 0.6) is 0 Å². The van der Waals surface area contributed by atoms with E-state index in [0.717, 1.165) is 27.5 Å². The molecule has 0 bridgehead atoms. The standard InChI is InChI=1S/C22H21N5O3S2/c1-14-20(31-22(28)27(14)2)18-11-12-24-21(26-18)25-17-9-6-10-19(32(23,29)30)16(17)13-15-7-4-3-5-8-15/h3-12H,13H2,1-2H3,(H2,23,29,30)(H,24,25,26). The maximum Gasteiger partial charge on any atom is 0.307 e. The van der Waals surface area contributed by atoms with E-state index in [1.807, 2.05) is 37.3 Å². The quantitative estimate of drug-likeness (QED) is 0.449. The summed E-state index contributed by atoms with van der Waals surface area (Å²) in [5, 5.41) is 8.62. The molecule has 2 heterocycles. The number of aromatic nitrogens is 3. The Hall–Kier alpha value is -3.34. The summed E-state index contributed by atoms with van der Waals surface area (Å²) in [5.74, 6) is 0.284. The molecule has 0 aliphatic carbocycles. The minimum Gasteiger partial charge on any atom is -0.324 e. The van der Waals surface area contributed by atoms with E-state index in [-0.39, 0.29) is 15.7 Å². The van der Waals surface area contributed by atoms with E-state index in [0.29, 0.717) is 23.4 Å². The predicted octanol–water partition coefficient (Wildman–Crippen LogP) is 3.19. The first-order valence-corrected chi connectivity index (χ1v) is 12.1. The second kappa shape index (κ2) is 8.65. The molecule has 0 atom stereocenters. The number of benzene rings is 2. The van der Waals surface area contributed by atoms with Crippen LogP contribution in [-0.2, 0) is 23.5 Å². The van der Waals surface area contributed by atoms with Crippen LogP contribution in [0.4, 0.5) is 11.6 Å². The first kappa shape index (κ1) is 21.9. The molecule has 3 N–H and O–H groups in total. The van der Waals surface area contributed by atoms with Crippen LogP contribution >= 0.6 is 11.3 Å². The molecule has 0 amide bonds. The molecule has 0 fully saturated rings. The largest absolute Gasteiger partial charge is 0.324 e. The molecule has 4 rings (SSSR count). The van der Waals surface area contributed by atoms with Gasteiger partial charge in [-0.15, -0.1) is 0 Å². The van der Waals surface area contributed by atoms with E-state index in [1.54, 1.807) is 36.0 Å². The maximum absolute atomic E-state index is 12.2. The van der Waals surface area contributed by atoms with Crippen molar-refractivity contribution in [2.45, 2.75) is 18.2 Å². The van der Waals surface area contributed by atoms with Gasteiger partial charge in [-0.3, -0.25) is 4.79 Å². The first-order valence-electron chi connectivity index (χ1n) is 9.69. The van der Waals surface area contributed by atoms with Gasteiger partial charge in [0, 0.05) is 36.6 Å². The second-order valence-electron chi connectivity index (χ2n) is 7.22. The van der Waals surface area contributed by atoms with E-state index in [1.165, 1.54) is 6.07 Å². The van der Waals surface area contributed by atoms with Crippen molar-refractivity contribution in [3.05, 3.63) is 87.3 Å². The fraction of sp³-hybridized carbons (Fsp3) is 0.136. The Morgan fingerprint density at radius 3 is 2.50 bits per heavy atom. The van der Waals surface area contributed by atoms with Gasteiger partial charge < -0.3 is 9.88 Å². The molecule has 0 unspecified atom stereocenters. The van der Waals surface area contributed by atoms with Gasteiger partial charge in [-0.1, -0.05) is 47.7 Å². The zero-order valence-electron chi connectivity index (χ0n) is 17.4. The molecule has 0 spiro atoms. The molecule has 32 heavy (non-hydrogen) atoms. The number of nitrogens with one attached hydrogen (secondary N) is 1. The summed E-state index contributed by atoms with van der Waals surface area (Å²) >= 11 is 1.11. The third-order valence-electron chi connectivity index (χ3n) is 5.09. The number of thiazole rings is 1. The van der Waals surface area contributed by atoms with E-state index in [4.69, 9.17) is 5.14 Å². The highest BCUT2D eigenvalue weighted by Gasteiger charge is 2.19. The second-order valence-corrected chi connectivity index (χ2v) is 9.71. The molecule has 2 aromatic heterocycles. The van der Waals surface area contributed by atoms with Gasteiger partial charge in [0.25, 0.3) is 0 Å². The molecule has 0 aliphatic rings. The van der Waals surface area contributed by atoms with Crippen molar-refractivity contribution < 1.29 is 8.42 Å². The molecule has 0 aliphatic heterocycles. The highest BCUT2D eigenvalue weighted by Crippen LogP contribution is 2.29. The summed E-state index contributed by atoms with van der Waals surface area (Å²) in [6, 6.07) is 16.1. The minimum atomic E-state index is -3.94. The monoisotopic (exact) mass is 467 g/mol. The number of nitrogens with zero attached hydrogens (tertiary/aromatic N) is 3.